The van der Waals surface area contributed by atoms with Crippen molar-refractivity contribution in [2.24, 2.45) is 5.92 Å². The molecule has 1 heterocycles. The fraction of sp³-hybridized carbons (Fsp3) is 0.824. The summed E-state index contributed by atoms with van der Waals surface area (Å²) in [7, 11) is -1.97. The molecule has 5 heteroatoms. The summed E-state index contributed by atoms with van der Waals surface area (Å²) < 4.78 is 26.1. The Morgan fingerprint density at radius 2 is 1.91 bits per heavy atom. The molecule has 0 aromatic carbocycles. The summed E-state index contributed by atoms with van der Waals surface area (Å²) in [4.78, 5) is 12.3. The predicted octanol–water partition coefficient (Wildman–Crippen LogP) is 4.39. The van der Waals surface area contributed by atoms with Gasteiger partial charge in [-0.1, -0.05) is 38.9 Å². The second kappa shape index (κ2) is 7.26. The average molecular weight is 328 g/mol. The summed E-state index contributed by atoms with van der Waals surface area (Å²) in [6.07, 6.45) is 5.11. The van der Waals surface area contributed by atoms with E-state index in [1.165, 1.54) is 19.3 Å². The predicted molar refractivity (Wildman–Crippen MR) is 88.0 cm³/mol. The van der Waals surface area contributed by atoms with Crippen LogP contribution in [0.25, 0.3) is 0 Å². The molecule has 0 aromatic rings. The Bertz CT molecular complexity index is 436. The molecule has 0 radical (unpaired) electrons. The second-order valence-corrected chi connectivity index (χ2v) is 12.5. The van der Waals surface area contributed by atoms with Crippen LogP contribution in [0.1, 0.15) is 45.4 Å². The largest absolute Gasteiger partial charge is 0.464 e. The number of hydrogen-bond acceptors (Lipinski definition) is 3. The van der Waals surface area contributed by atoms with Crippen LogP contribution >= 0.6 is 0 Å². The van der Waals surface area contributed by atoms with Gasteiger partial charge in [0.25, 0.3) is 0 Å². The minimum Gasteiger partial charge on any atom is -0.464 e. The number of rotatable bonds is 4. The molecule has 126 valence electrons. The third-order valence-corrected chi connectivity index (χ3v) is 6.88. The lowest BCUT2D eigenvalue weighted by Crippen LogP contribution is -2.47. The molecule has 0 N–H and O–H groups in total. The number of carbonyl (C=O) groups is 1. The van der Waals surface area contributed by atoms with Crippen molar-refractivity contribution in [2.75, 3.05) is 6.61 Å². The van der Waals surface area contributed by atoms with Crippen LogP contribution in [0.4, 0.5) is 4.39 Å². The molecule has 2 atom stereocenters. The van der Waals surface area contributed by atoms with Crippen LogP contribution in [0.3, 0.4) is 0 Å². The first kappa shape index (κ1) is 17.7. The normalized spacial score (nSPS) is 27.9. The summed E-state index contributed by atoms with van der Waals surface area (Å²) in [5.74, 6) is -0.158. The van der Waals surface area contributed by atoms with Crippen molar-refractivity contribution in [3.63, 3.8) is 0 Å². The van der Waals surface area contributed by atoms with E-state index >= 15 is 0 Å². The minimum absolute atomic E-state index is 0.112. The summed E-state index contributed by atoms with van der Waals surface area (Å²) in [5, 5.41) is 0.595. The number of esters is 1. The van der Waals surface area contributed by atoms with E-state index < -0.39 is 20.1 Å². The highest BCUT2D eigenvalue weighted by atomic mass is 28.3. The van der Waals surface area contributed by atoms with Crippen molar-refractivity contribution in [2.45, 2.75) is 77.3 Å². The molecule has 0 spiro atoms. The highest BCUT2D eigenvalue weighted by molar-refractivity contribution is 6.83. The summed E-state index contributed by atoms with van der Waals surface area (Å²) in [5.41, 5.74) is 0. The van der Waals surface area contributed by atoms with Crippen molar-refractivity contribution in [1.82, 2.24) is 0 Å². The van der Waals surface area contributed by atoms with E-state index in [1.807, 2.05) is 0 Å². The molecule has 0 amide bonds. The van der Waals surface area contributed by atoms with Gasteiger partial charge in [-0.05, 0) is 30.9 Å². The molecule has 1 saturated carbocycles. The molecule has 1 fully saturated rings. The first-order valence-electron chi connectivity index (χ1n) is 8.55. The van der Waals surface area contributed by atoms with Gasteiger partial charge in [0, 0.05) is 6.42 Å². The highest BCUT2D eigenvalue weighted by Crippen LogP contribution is 2.39. The molecule has 0 saturated heterocycles. The van der Waals surface area contributed by atoms with Crippen molar-refractivity contribution < 1.29 is 18.7 Å². The summed E-state index contributed by atoms with van der Waals surface area (Å²) in [6, 6.07) is 0. The molecule has 22 heavy (non-hydrogen) atoms. The Morgan fingerprint density at radius 1 is 1.27 bits per heavy atom. The van der Waals surface area contributed by atoms with Crippen molar-refractivity contribution in [1.29, 1.82) is 0 Å². The lowest BCUT2D eigenvalue weighted by molar-refractivity contribution is -0.161. The molecule has 0 bridgehead atoms. The quantitative estimate of drug-likeness (QED) is 0.567. The van der Waals surface area contributed by atoms with Gasteiger partial charge in [0.05, 0.1) is 20.8 Å². The van der Waals surface area contributed by atoms with Crippen LogP contribution in [0.15, 0.2) is 11.0 Å². The van der Waals surface area contributed by atoms with E-state index in [-0.39, 0.29) is 11.9 Å². The summed E-state index contributed by atoms with van der Waals surface area (Å²) >= 11 is 0. The molecule has 2 rings (SSSR count). The molecule has 2 aliphatic rings. The molecular formula is C17H29FO3Si. The molecule has 1 aliphatic carbocycles. The van der Waals surface area contributed by atoms with Crippen LogP contribution in [0.2, 0.25) is 19.6 Å². The number of ether oxygens (including phenoxy) is 2. The third kappa shape index (κ3) is 3.99. The van der Waals surface area contributed by atoms with Gasteiger partial charge in [-0.25, -0.2) is 9.18 Å². The lowest BCUT2D eigenvalue weighted by atomic mass is 9.83. The molecular weight excluding hydrogens is 299 g/mol. The van der Waals surface area contributed by atoms with Crippen molar-refractivity contribution in [3.8, 4) is 0 Å². The van der Waals surface area contributed by atoms with E-state index in [9.17, 15) is 9.18 Å². The Morgan fingerprint density at radius 3 is 2.45 bits per heavy atom. The fourth-order valence-electron chi connectivity index (χ4n) is 3.70. The first-order chi connectivity index (χ1) is 10.3. The van der Waals surface area contributed by atoms with Crippen molar-refractivity contribution >= 4 is 14.0 Å². The van der Waals surface area contributed by atoms with Gasteiger partial charge >= 0.3 is 5.97 Å². The SMILES string of the molecule is CCOC(=O)[C@H]1O[C@H](C2CCCCC2)CC(F)=C1[Si](C)(C)C. The Labute approximate surface area is 134 Å². The highest BCUT2D eigenvalue weighted by Gasteiger charge is 2.43. The fourth-order valence-corrected chi connectivity index (χ4v) is 5.58. The standard InChI is InChI=1S/C17H29FO3Si/c1-5-20-17(19)15-16(22(2,3)4)13(18)11-14(21-15)12-9-7-6-8-10-12/h12,14-15H,5-11H2,1-4H3/t14-,15-/m0/s1. The van der Waals surface area contributed by atoms with Crippen molar-refractivity contribution in [3.05, 3.63) is 11.0 Å². The molecule has 0 aromatic heterocycles. The number of hydrogen-bond donors (Lipinski definition) is 0. The average Bonchev–Trinajstić information content (AvgIpc) is 2.46. The van der Waals surface area contributed by atoms with E-state index in [0.29, 0.717) is 24.1 Å². The maximum Gasteiger partial charge on any atom is 0.339 e. The minimum atomic E-state index is -1.97. The first-order valence-corrected chi connectivity index (χ1v) is 12.1. The van der Waals surface area contributed by atoms with Crippen LogP contribution in [-0.4, -0.2) is 32.9 Å². The number of carbonyl (C=O) groups excluding carboxylic acids is 1. The monoisotopic (exact) mass is 328 g/mol. The zero-order chi connectivity index (χ0) is 16.3. The number of halogens is 1. The zero-order valence-corrected chi connectivity index (χ0v) is 15.3. The van der Waals surface area contributed by atoms with E-state index in [1.54, 1.807) is 6.92 Å². The van der Waals surface area contributed by atoms with Gasteiger partial charge in [0.15, 0.2) is 6.10 Å². The van der Waals surface area contributed by atoms with Crippen LogP contribution in [0.5, 0.6) is 0 Å². The smallest absolute Gasteiger partial charge is 0.339 e. The van der Waals surface area contributed by atoms with Gasteiger partial charge in [-0.15, -0.1) is 0 Å². The Hall–Kier alpha value is -0.683. The lowest BCUT2D eigenvalue weighted by Gasteiger charge is -2.39. The zero-order valence-electron chi connectivity index (χ0n) is 14.3. The molecule has 0 unspecified atom stereocenters. The summed E-state index contributed by atoms with van der Waals surface area (Å²) in [6.45, 7) is 8.23. The van der Waals surface area contributed by atoms with Crippen LogP contribution in [0, 0.1) is 5.92 Å². The van der Waals surface area contributed by atoms with Gasteiger partial charge < -0.3 is 9.47 Å². The van der Waals surface area contributed by atoms with Gasteiger partial charge in [0.1, 0.15) is 5.83 Å². The molecule has 3 nitrogen and oxygen atoms in total. The molecule has 1 aliphatic heterocycles. The van der Waals surface area contributed by atoms with Crippen LogP contribution in [-0.2, 0) is 14.3 Å². The maximum atomic E-state index is 14.8. The van der Waals surface area contributed by atoms with Gasteiger partial charge in [-0.3, -0.25) is 0 Å². The van der Waals surface area contributed by atoms with E-state index in [4.69, 9.17) is 9.47 Å². The van der Waals surface area contributed by atoms with Gasteiger partial charge in [0.2, 0.25) is 0 Å². The third-order valence-electron chi connectivity index (χ3n) is 4.73. The second-order valence-electron chi connectivity index (χ2n) is 7.48. The van der Waals surface area contributed by atoms with Crippen LogP contribution < -0.4 is 0 Å². The van der Waals surface area contributed by atoms with E-state index in [0.717, 1.165) is 12.8 Å². The Balaban J connectivity index is 2.25. The topological polar surface area (TPSA) is 35.5 Å². The maximum absolute atomic E-state index is 14.8. The van der Waals surface area contributed by atoms with Gasteiger partial charge in [-0.2, -0.15) is 0 Å². The Kier molecular flexibility index (Phi) is 5.83. The van der Waals surface area contributed by atoms with E-state index in [2.05, 4.69) is 19.6 Å².